The van der Waals surface area contributed by atoms with Gasteiger partial charge in [0.25, 0.3) is 5.91 Å². The summed E-state index contributed by atoms with van der Waals surface area (Å²) in [4.78, 5) is 21.2. The highest BCUT2D eigenvalue weighted by molar-refractivity contribution is 7.14. The van der Waals surface area contributed by atoms with E-state index in [1.54, 1.807) is 0 Å². The fourth-order valence-corrected chi connectivity index (χ4v) is 2.65. The molecule has 0 unspecified atom stereocenters. The summed E-state index contributed by atoms with van der Waals surface area (Å²) >= 11 is 13.1. The van der Waals surface area contributed by atoms with E-state index in [1.807, 2.05) is 19.9 Å². The molecule has 0 aliphatic carbocycles. The first-order valence-corrected chi connectivity index (χ1v) is 6.60. The van der Waals surface area contributed by atoms with Gasteiger partial charge in [-0.15, -0.1) is 11.3 Å². The molecule has 7 heteroatoms. The molecule has 2 heterocycles. The molecule has 0 saturated carbocycles. The summed E-state index contributed by atoms with van der Waals surface area (Å²) in [7, 11) is 0. The topological polar surface area (TPSA) is 54.9 Å². The van der Waals surface area contributed by atoms with Crippen molar-refractivity contribution in [2.75, 3.05) is 5.32 Å². The van der Waals surface area contributed by atoms with Crippen LogP contribution in [-0.2, 0) is 0 Å². The quantitative estimate of drug-likeness (QED) is 0.860. The molecule has 0 radical (unpaired) electrons. The van der Waals surface area contributed by atoms with Crippen molar-refractivity contribution in [3.05, 3.63) is 38.0 Å². The number of hydrogen-bond donors (Lipinski definition) is 1. The van der Waals surface area contributed by atoms with Crippen LogP contribution in [-0.4, -0.2) is 15.9 Å². The Hall–Kier alpha value is -1.17. The molecule has 2 aromatic heterocycles. The molecule has 0 atom stereocenters. The number of rotatable bonds is 2. The van der Waals surface area contributed by atoms with Crippen LogP contribution >= 0.6 is 34.5 Å². The number of thiophene rings is 1. The van der Waals surface area contributed by atoms with Gasteiger partial charge in [-0.1, -0.05) is 23.2 Å². The Balaban J connectivity index is 2.27. The van der Waals surface area contributed by atoms with E-state index in [0.29, 0.717) is 4.88 Å². The Bertz CT molecular complexity index is 573. The standard InChI is InChI=1S/C11H9Cl2N3OS/c1-5-3-7(18-6(5)2)11(17)16-8-9(12)14-4-15-10(8)13/h3-4H,1-2H3,(H,16,17). The third kappa shape index (κ3) is 2.63. The number of carbonyl (C=O) groups excluding carboxylic acids is 1. The van der Waals surface area contributed by atoms with Crippen LogP contribution in [0.15, 0.2) is 12.4 Å². The third-order valence-electron chi connectivity index (χ3n) is 2.38. The number of nitrogens with zero attached hydrogens (tertiary/aromatic N) is 2. The minimum Gasteiger partial charge on any atom is -0.316 e. The Morgan fingerprint density at radius 1 is 1.28 bits per heavy atom. The van der Waals surface area contributed by atoms with E-state index in [4.69, 9.17) is 23.2 Å². The van der Waals surface area contributed by atoms with Crippen LogP contribution in [0.2, 0.25) is 10.3 Å². The molecule has 0 bridgehead atoms. The van der Waals surface area contributed by atoms with Gasteiger partial charge in [0.05, 0.1) is 4.88 Å². The first-order valence-electron chi connectivity index (χ1n) is 5.03. The number of anilines is 1. The van der Waals surface area contributed by atoms with Crippen molar-refractivity contribution in [2.45, 2.75) is 13.8 Å². The normalized spacial score (nSPS) is 10.4. The van der Waals surface area contributed by atoms with Crippen molar-refractivity contribution in [2.24, 2.45) is 0 Å². The molecule has 1 amide bonds. The van der Waals surface area contributed by atoms with Gasteiger partial charge in [-0.2, -0.15) is 0 Å². The molecule has 0 aliphatic rings. The number of aryl methyl sites for hydroxylation is 2. The van der Waals surface area contributed by atoms with E-state index in [2.05, 4.69) is 15.3 Å². The summed E-state index contributed by atoms with van der Waals surface area (Å²) in [6.45, 7) is 3.91. The highest BCUT2D eigenvalue weighted by atomic mass is 35.5. The lowest BCUT2D eigenvalue weighted by Crippen LogP contribution is -2.11. The first kappa shape index (κ1) is 13.3. The maximum absolute atomic E-state index is 12.0. The van der Waals surface area contributed by atoms with E-state index in [9.17, 15) is 4.79 Å². The number of amides is 1. The number of aromatic nitrogens is 2. The van der Waals surface area contributed by atoms with E-state index < -0.39 is 0 Å². The second kappa shape index (κ2) is 5.22. The van der Waals surface area contributed by atoms with Crippen molar-refractivity contribution in [3.8, 4) is 0 Å². The minimum atomic E-state index is -0.269. The molecule has 2 aromatic rings. The van der Waals surface area contributed by atoms with Crippen LogP contribution in [0.25, 0.3) is 0 Å². The van der Waals surface area contributed by atoms with Crippen LogP contribution in [0, 0.1) is 13.8 Å². The summed E-state index contributed by atoms with van der Waals surface area (Å²) in [6.07, 6.45) is 1.24. The van der Waals surface area contributed by atoms with Crippen LogP contribution in [0.4, 0.5) is 5.69 Å². The second-order valence-corrected chi connectivity index (χ2v) is 5.61. The average Bonchev–Trinajstić information content (AvgIpc) is 2.64. The van der Waals surface area contributed by atoms with Crippen molar-refractivity contribution in [1.82, 2.24) is 9.97 Å². The fraction of sp³-hybridized carbons (Fsp3) is 0.182. The van der Waals surface area contributed by atoms with Crippen molar-refractivity contribution in [1.29, 1.82) is 0 Å². The predicted octanol–water partition coefficient (Wildman–Crippen LogP) is 3.71. The minimum absolute atomic E-state index is 0.119. The lowest BCUT2D eigenvalue weighted by molar-refractivity contribution is 0.103. The molecule has 0 spiro atoms. The van der Waals surface area contributed by atoms with E-state index in [0.717, 1.165) is 10.4 Å². The van der Waals surface area contributed by atoms with Gasteiger partial charge in [-0.3, -0.25) is 4.79 Å². The van der Waals surface area contributed by atoms with Crippen molar-refractivity contribution < 1.29 is 4.79 Å². The Labute approximate surface area is 118 Å². The molecule has 1 N–H and O–H groups in total. The summed E-state index contributed by atoms with van der Waals surface area (Å²) in [6, 6.07) is 1.82. The Kier molecular flexibility index (Phi) is 3.85. The smallest absolute Gasteiger partial charge is 0.265 e. The summed E-state index contributed by atoms with van der Waals surface area (Å²) < 4.78 is 0. The van der Waals surface area contributed by atoms with Gasteiger partial charge in [-0.05, 0) is 25.5 Å². The lowest BCUT2D eigenvalue weighted by Gasteiger charge is -2.05. The Morgan fingerprint density at radius 2 is 1.89 bits per heavy atom. The van der Waals surface area contributed by atoms with E-state index in [-0.39, 0.29) is 21.9 Å². The molecular formula is C11H9Cl2N3OS. The lowest BCUT2D eigenvalue weighted by atomic mass is 10.3. The number of halogens is 2. The molecule has 4 nitrogen and oxygen atoms in total. The number of hydrogen-bond acceptors (Lipinski definition) is 4. The molecule has 94 valence electrons. The van der Waals surface area contributed by atoms with E-state index in [1.165, 1.54) is 17.7 Å². The van der Waals surface area contributed by atoms with Gasteiger partial charge in [0.1, 0.15) is 12.0 Å². The SMILES string of the molecule is Cc1cc(C(=O)Nc2c(Cl)ncnc2Cl)sc1C. The molecule has 2 rings (SSSR count). The third-order valence-corrected chi connectivity index (χ3v) is 4.11. The van der Waals surface area contributed by atoms with Crippen molar-refractivity contribution >= 4 is 46.1 Å². The zero-order chi connectivity index (χ0) is 13.3. The number of nitrogens with one attached hydrogen (secondary N) is 1. The van der Waals surface area contributed by atoms with Crippen LogP contribution in [0.3, 0.4) is 0 Å². The van der Waals surface area contributed by atoms with Gasteiger partial charge in [-0.25, -0.2) is 9.97 Å². The predicted molar refractivity (Wildman–Crippen MR) is 73.8 cm³/mol. The number of carbonyl (C=O) groups is 1. The van der Waals surface area contributed by atoms with E-state index >= 15 is 0 Å². The first-order chi connectivity index (χ1) is 8.49. The fourth-order valence-electron chi connectivity index (χ4n) is 1.31. The monoisotopic (exact) mass is 301 g/mol. The Morgan fingerprint density at radius 3 is 2.39 bits per heavy atom. The molecule has 0 aliphatic heterocycles. The summed E-state index contributed by atoms with van der Waals surface area (Å²) in [5.41, 5.74) is 1.31. The maximum atomic E-state index is 12.0. The zero-order valence-electron chi connectivity index (χ0n) is 9.62. The molecule has 0 aromatic carbocycles. The van der Waals surface area contributed by atoms with Gasteiger partial charge >= 0.3 is 0 Å². The van der Waals surface area contributed by atoms with Crippen LogP contribution in [0.5, 0.6) is 0 Å². The molecular weight excluding hydrogens is 293 g/mol. The second-order valence-electron chi connectivity index (χ2n) is 3.63. The molecule has 0 fully saturated rings. The van der Waals surface area contributed by atoms with Crippen LogP contribution in [0.1, 0.15) is 20.1 Å². The van der Waals surface area contributed by atoms with Gasteiger partial charge in [0.15, 0.2) is 10.3 Å². The highest BCUT2D eigenvalue weighted by Crippen LogP contribution is 2.27. The van der Waals surface area contributed by atoms with Gasteiger partial charge in [0, 0.05) is 4.88 Å². The maximum Gasteiger partial charge on any atom is 0.265 e. The van der Waals surface area contributed by atoms with Crippen LogP contribution < -0.4 is 5.32 Å². The summed E-state index contributed by atoms with van der Waals surface area (Å²) in [5, 5.41) is 2.86. The highest BCUT2D eigenvalue weighted by Gasteiger charge is 2.15. The van der Waals surface area contributed by atoms with Gasteiger partial charge in [0.2, 0.25) is 0 Å². The average molecular weight is 302 g/mol. The van der Waals surface area contributed by atoms with Gasteiger partial charge < -0.3 is 5.32 Å². The summed E-state index contributed by atoms with van der Waals surface area (Å²) in [5.74, 6) is -0.269. The largest absolute Gasteiger partial charge is 0.316 e. The molecule has 18 heavy (non-hydrogen) atoms. The van der Waals surface area contributed by atoms with Crippen molar-refractivity contribution in [3.63, 3.8) is 0 Å². The molecule has 0 saturated heterocycles. The zero-order valence-corrected chi connectivity index (χ0v) is 11.9.